The van der Waals surface area contributed by atoms with Crippen LogP contribution in [0, 0.1) is 6.92 Å². The standard InChI is InChI=1S/C23H25N3O3S/c1-16-7-9-18(10-8-16)15-26-22(28)19-5-3-4-6-20(19)24-23(26)30-17(2)21(27)25-11-13-29-14-12-25/h3-10,17H,11-15H2,1-2H3. The minimum absolute atomic E-state index is 0.0487. The molecule has 7 heteroatoms. The maximum absolute atomic E-state index is 13.3. The van der Waals surface area contributed by atoms with Gasteiger partial charge in [-0.05, 0) is 31.5 Å². The molecule has 0 saturated carbocycles. The lowest BCUT2D eigenvalue weighted by Gasteiger charge is -2.29. The molecular weight excluding hydrogens is 398 g/mol. The van der Waals surface area contributed by atoms with E-state index in [0.29, 0.717) is 48.9 Å². The second-order valence-corrected chi connectivity index (χ2v) is 8.79. The number of ether oxygens (including phenoxy) is 1. The summed E-state index contributed by atoms with van der Waals surface area (Å²) in [6, 6.07) is 15.5. The van der Waals surface area contributed by atoms with Crippen LogP contribution in [0.3, 0.4) is 0 Å². The van der Waals surface area contributed by atoms with Gasteiger partial charge < -0.3 is 9.64 Å². The van der Waals surface area contributed by atoms with Gasteiger partial charge in [0.05, 0.1) is 35.9 Å². The van der Waals surface area contributed by atoms with Crippen LogP contribution in [0.1, 0.15) is 18.1 Å². The van der Waals surface area contributed by atoms with Crippen LogP contribution in [0.4, 0.5) is 0 Å². The number of aryl methyl sites for hydroxylation is 1. The summed E-state index contributed by atoms with van der Waals surface area (Å²) in [5.41, 5.74) is 2.75. The molecule has 0 bridgehead atoms. The predicted molar refractivity (Wildman–Crippen MR) is 119 cm³/mol. The van der Waals surface area contributed by atoms with Crippen molar-refractivity contribution < 1.29 is 9.53 Å². The maximum Gasteiger partial charge on any atom is 0.262 e. The fraction of sp³-hybridized carbons (Fsp3) is 0.348. The Bertz CT molecular complexity index is 1100. The number of carbonyl (C=O) groups is 1. The van der Waals surface area contributed by atoms with E-state index < -0.39 is 0 Å². The van der Waals surface area contributed by atoms with Gasteiger partial charge in [0.2, 0.25) is 5.91 Å². The molecule has 156 valence electrons. The first-order chi connectivity index (χ1) is 14.5. The van der Waals surface area contributed by atoms with Crippen LogP contribution in [-0.4, -0.2) is 51.9 Å². The van der Waals surface area contributed by atoms with E-state index in [4.69, 9.17) is 9.72 Å². The fourth-order valence-electron chi connectivity index (χ4n) is 3.50. The summed E-state index contributed by atoms with van der Waals surface area (Å²) in [6.07, 6.45) is 0. The van der Waals surface area contributed by atoms with Gasteiger partial charge in [-0.3, -0.25) is 14.2 Å². The number of aromatic nitrogens is 2. The molecule has 1 unspecified atom stereocenters. The van der Waals surface area contributed by atoms with Gasteiger partial charge in [0.1, 0.15) is 0 Å². The van der Waals surface area contributed by atoms with E-state index in [2.05, 4.69) is 0 Å². The number of hydrogen-bond donors (Lipinski definition) is 0. The van der Waals surface area contributed by atoms with Crippen molar-refractivity contribution in [2.75, 3.05) is 26.3 Å². The molecule has 0 spiro atoms. The second kappa shape index (κ2) is 9.02. The summed E-state index contributed by atoms with van der Waals surface area (Å²) < 4.78 is 7.03. The quantitative estimate of drug-likeness (QED) is 0.466. The van der Waals surface area contributed by atoms with Crippen LogP contribution in [0.25, 0.3) is 10.9 Å². The third-order valence-electron chi connectivity index (χ3n) is 5.24. The molecule has 1 saturated heterocycles. The Balaban J connectivity index is 1.68. The molecule has 1 aliphatic heterocycles. The molecule has 6 nitrogen and oxygen atoms in total. The highest BCUT2D eigenvalue weighted by atomic mass is 32.2. The summed E-state index contributed by atoms with van der Waals surface area (Å²) in [7, 11) is 0. The minimum Gasteiger partial charge on any atom is -0.378 e. The molecule has 1 atom stereocenters. The highest BCUT2D eigenvalue weighted by Crippen LogP contribution is 2.25. The summed E-state index contributed by atoms with van der Waals surface area (Å²) in [4.78, 5) is 32.7. The topological polar surface area (TPSA) is 64.4 Å². The molecule has 30 heavy (non-hydrogen) atoms. The van der Waals surface area contributed by atoms with Gasteiger partial charge in [-0.2, -0.15) is 0 Å². The molecule has 1 amide bonds. The first-order valence-corrected chi connectivity index (χ1v) is 11.0. The average molecular weight is 424 g/mol. The van der Waals surface area contributed by atoms with Crippen molar-refractivity contribution in [3.63, 3.8) is 0 Å². The summed E-state index contributed by atoms with van der Waals surface area (Å²) >= 11 is 1.34. The van der Waals surface area contributed by atoms with Crippen molar-refractivity contribution in [3.8, 4) is 0 Å². The summed E-state index contributed by atoms with van der Waals surface area (Å²) in [5.74, 6) is 0.0487. The van der Waals surface area contributed by atoms with Gasteiger partial charge in [0, 0.05) is 13.1 Å². The number of amides is 1. The Kier molecular flexibility index (Phi) is 6.20. The van der Waals surface area contributed by atoms with Crippen LogP contribution in [0.2, 0.25) is 0 Å². The monoisotopic (exact) mass is 423 g/mol. The normalized spacial score (nSPS) is 15.3. The molecule has 4 rings (SSSR count). The number of para-hydroxylation sites is 1. The molecule has 0 radical (unpaired) electrons. The first kappa shape index (κ1) is 20.6. The Morgan fingerprint density at radius 2 is 1.83 bits per heavy atom. The average Bonchev–Trinajstić information content (AvgIpc) is 2.77. The molecule has 1 aliphatic rings. The van der Waals surface area contributed by atoms with Crippen LogP contribution in [-0.2, 0) is 16.1 Å². The van der Waals surface area contributed by atoms with Crippen LogP contribution in [0.5, 0.6) is 0 Å². The van der Waals surface area contributed by atoms with Crippen LogP contribution >= 0.6 is 11.8 Å². The van der Waals surface area contributed by atoms with E-state index in [1.165, 1.54) is 17.3 Å². The highest BCUT2D eigenvalue weighted by Gasteiger charge is 2.25. The largest absolute Gasteiger partial charge is 0.378 e. The minimum atomic E-state index is -0.347. The number of hydrogen-bond acceptors (Lipinski definition) is 5. The number of nitrogens with zero attached hydrogens (tertiary/aromatic N) is 3. The number of carbonyl (C=O) groups excluding carboxylic acids is 1. The van der Waals surface area contributed by atoms with Crippen LogP contribution < -0.4 is 5.56 Å². The zero-order valence-electron chi connectivity index (χ0n) is 17.2. The van der Waals surface area contributed by atoms with Crippen LogP contribution in [0.15, 0.2) is 58.5 Å². The van der Waals surface area contributed by atoms with Gasteiger partial charge in [-0.25, -0.2) is 4.98 Å². The van der Waals surface area contributed by atoms with Gasteiger partial charge in [0.25, 0.3) is 5.56 Å². The number of rotatable bonds is 5. The third-order valence-corrected chi connectivity index (χ3v) is 6.32. The predicted octanol–water partition coefficient (Wildman–Crippen LogP) is 3.09. The van der Waals surface area contributed by atoms with E-state index in [-0.39, 0.29) is 16.7 Å². The summed E-state index contributed by atoms with van der Waals surface area (Å²) in [5, 5.41) is 0.801. The van der Waals surface area contributed by atoms with E-state index >= 15 is 0 Å². The van der Waals surface area contributed by atoms with Gasteiger partial charge in [-0.1, -0.05) is 53.7 Å². The molecule has 1 fully saturated rings. The smallest absolute Gasteiger partial charge is 0.262 e. The Morgan fingerprint density at radius 1 is 1.13 bits per heavy atom. The van der Waals surface area contributed by atoms with E-state index in [1.807, 2.05) is 61.2 Å². The summed E-state index contributed by atoms with van der Waals surface area (Å²) in [6.45, 7) is 6.66. The van der Waals surface area contributed by atoms with E-state index in [1.54, 1.807) is 10.6 Å². The lowest BCUT2D eigenvalue weighted by atomic mass is 10.1. The molecule has 2 heterocycles. The van der Waals surface area contributed by atoms with Crippen molar-refractivity contribution in [2.24, 2.45) is 0 Å². The van der Waals surface area contributed by atoms with Crippen molar-refractivity contribution in [1.29, 1.82) is 0 Å². The second-order valence-electron chi connectivity index (χ2n) is 7.49. The number of fused-ring (bicyclic) bond motifs is 1. The Morgan fingerprint density at radius 3 is 2.57 bits per heavy atom. The molecular formula is C23H25N3O3S. The number of thioether (sulfide) groups is 1. The Labute approximate surface area is 179 Å². The molecule has 0 N–H and O–H groups in total. The third kappa shape index (κ3) is 4.42. The molecule has 2 aromatic carbocycles. The van der Waals surface area contributed by atoms with Crippen molar-refractivity contribution >= 4 is 28.6 Å². The fourth-order valence-corrected chi connectivity index (χ4v) is 4.49. The first-order valence-electron chi connectivity index (χ1n) is 10.1. The van der Waals surface area contributed by atoms with Crippen molar-refractivity contribution in [2.45, 2.75) is 30.8 Å². The number of morpholine rings is 1. The SMILES string of the molecule is Cc1ccc(Cn2c(SC(C)C(=O)N3CCOCC3)nc3ccccc3c2=O)cc1. The van der Waals surface area contributed by atoms with Gasteiger partial charge >= 0.3 is 0 Å². The highest BCUT2D eigenvalue weighted by molar-refractivity contribution is 8.00. The van der Waals surface area contributed by atoms with Gasteiger partial charge in [-0.15, -0.1) is 0 Å². The lowest BCUT2D eigenvalue weighted by Crippen LogP contribution is -2.44. The molecule has 1 aromatic heterocycles. The molecule has 3 aromatic rings. The van der Waals surface area contributed by atoms with Crippen molar-refractivity contribution in [1.82, 2.24) is 14.5 Å². The zero-order chi connectivity index (χ0) is 21.1. The zero-order valence-corrected chi connectivity index (χ0v) is 18.0. The Hall–Kier alpha value is -2.64. The maximum atomic E-state index is 13.3. The van der Waals surface area contributed by atoms with E-state index in [9.17, 15) is 9.59 Å². The van der Waals surface area contributed by atoms with E-state index in [0.717, 1.165) is 5.56 Å². The van der Waals surface area contributed by atoms with Crippen molar-refractivity contribution in [3.05, 3.63) is 70.0 Å². The number of benzene rings is 2. The van der Waals surface area contributed by atoms with Gasteiger partial charge in [0.15, 0.2) is 5.16 Å². The molecule has 0 aliphatic carbocycles. The lowest BCUT2D eigenvalue weighted by molar-refractivity contribution is -0.134.